The molecule has 0 fully saturated rings. The highest BCUT2D eigenvalue weighted by molar-refractivity contribution is 6.33. The van der Waals surface area contributed by atoms with Gasteiger partial charge < -0.3 is 0 Å². The first kappa shape index (κ1) is 10.7. The monoisotopic (exact) mass is 240 g/mol. The highest BCUT2D eigenvalue weighted by Gasteiger charge is 2.23. The molecular weight excluding hydrogens is 231 g/mol. The molecule has 1 aliphatic rings. The summed E-state index contributed by atoms with van der Waals surface area (Å²) in [5, 5.41) is 9.73. The van der Waals surface area contributed by atoms with Gasteiger partial charge in [-0.05, 0) is 36.3 Å². The van der Waals surface area contributed by atoms with Gasteiger partial charge in [-0.25, -0.2) is 4.98 Å². The van der Waals surface area contributed by atoms with Gasteiger partial charge in [0.05, 0.1) is 5.56 Å². The van der Waals surface area contributed by atoms with Crippen LogP contribution in [-0.4, -0.2) is 4.98 Å². The first-order valence-electron chi connectivity index (χ1n) is 4.90. The van der Waals surface area contributed by atoms with Gasteiger partial charge in [0.2, 0.25) is 0 Å². The second-order valence-corrected chi connectivity index (χ2v) is 4.70. The number of aromatic nitrogens is 1. The molecule has 1 aromatic rings. The maximum absolute atomic E-state index is 9.03. The lowest BCUT2D eigenvalue weighted by molar-refractivity contribution is 0.499. The Morgan fingerprint density at radius 3 is 2.73 bits per heavy atom. The van der Waals surface area contributed by atoms with E-state index in [2.05, 4.69) is 18.0 Å². The van der Waals surface area contributed by atoms with Crippen LogP contribution in [-0.2, 0) is 12.8 Å². The first-order valence-corrected chi connectivity index (χ1v) is 5.66. The fourth-order valence-electron chi connectivity index (χ4n) is 2.04. The molecule has 1 atom stereocenters. The average Bonchev–Trinajstić information content (AvgIpc) is 2.17. The summed E-state index contributed by atoms with van der Waals surface area (Å²) >= 11 is 11.9. The van der Waals surface area contributed by atoms with Crippen molar-refractivity contribution in [2.24, 2.45) is 5.92 Å². The summed E-state index contributed by atoms with van der Waals surface area (Å²) in [7, 11) is 0. The molecule has 0 bridgehead atoms. The van der Waals surface area contributed by atoms with E-state index in [1.54, 1.807) is 0 Å². The Labute approximate surface area is 98.8 Å². The Morgan fingerprint density at radius 1 is 1.33 bits per heavy atom. The summed E-state index contributed by atoms with van der Waals surface area (Å²) in [6, 6.07) is 2.12. The summed E-state index contributed by atoms with van der Waals surface area (Å²) in [5.41, 5.74) is 2.51. The van der Waals surface area contributed by atoms with Crippen molar-refractivity contribution in [3.05, 3.63) is 27.0 Å². The van der Waals surface area contributed by atoms with Crippen LogP contribution in [0.4, 0.5) is 0 Å². The van der Waals surface area contributed by atoms with Crippen molar-refractivity contribution in [1.29, 1.82) is 5.26 Å². The molecule has 0 saturated heterocycles. The summed E-state index contributed by atoms with van der Waals surface area (Å²) in [5.74, 6) is 0.583. The molecule has 1 aromatic heterocycles. The summed E-state index contributed by atoms with van der Waals surface area (Å²) in [6.45, 7) is 2.17. The van der Waals surface area contributed by atoms with Crippen molar-refractivity contribution in [1.82, 2.24) is 4.98 Å². The third kappa shape index (κ3) is 1.82. The molecule has 1 aliphatic carbocycles. The van der Waals surface area contributed by atoms with Crippen LogP contribution in [0.15, 0.2) is 0 Å². The van der Waals surface area contributed by atoms with Crippen LogP contribution in [0.2, 0.25) is 10.3 Å². The summed E-state index contributed by atoms with van der Waals surface area (Å²) in [6.07, 6.45) is 2.87. The van der Waals surface area contributed by atoms with E-state index in [0.717, 1.165) is 30.4 Å². The van der Waals surface area contributed by atoms with E-state index in [9.17, 15) is 0 Å². The van der Waals surface area contributed by atoms with Gasteiger partial charge in [0.15, 0.2) is 0 Å². The second kappa shape index (κ2) is 4.00. The minimum absolute atomic E-state index is 0.232. The number of hydrogen-bond acceptors (Lipinski definition) is 2. The molecule has 4 heteroatoms. The Balaban J connectivity index is 2.64. The zero-order valence-electron chi connectivity index (χ0n) is 8.35. The summed E-state index contributed by atoms with van der Waals surface area (Å²) in [4.78, 5) is 3.99. The van der Waals surface area contributed by atoms with Gasteiger partial charge in [0.1, 0.15) is 16.4 Å². The highest BCUT2D eigenvalue weighted by Crippen LogP contribution is 2.34. The van der Waals surface area contributed by atoms with Crippen molar-refractivity contribution in [2.45, 2.75) is 26.2 Å². The van der Waals surface area contributed by atoms with Crippen LogP contribution in [0.1, 0.15) is 30.0 Å². The maximum Gasteiger partial charge on any atom is 0.148 e. The van der Waals surface area contributed by atoms with Crippen LogP contribution in [0.3, 0.4) is 0 Å². The van der Waals surface area contributed by atoms with Gasteiger partial charge in [-0.15, -0.1) is 0 Å². The lowest BCUT2D eigenvalue weighted by atomic mass is 9.84. The fraction of sp³-hybridized carbons (Fsp3) is 0.455. The minimum Gasteiger partial charge on any atom is -0.223 e. The third-order valence-electron chi connectivity index (χ3n) is 2.87. The average molecular weight is 241 g/mol. The first-order chi connectivity index (χ1) is 7.13. The van der Waals surface area contributed by atoms with Crippen LogP contribution >= 0.6 is 23.2 Å². The van der Waals surface area contributed by atoms with E-state index in [-0.39, 0.29) is 5.15 Å². The number of nitrogens with zero attached hydrogens (tertiary/aromatic N) is 2. The Hall–Kier alpha value is -0.780. The van der Waals surface area contributed by atoms with Crippen molar-refractivity contribution >= 4 is 23.2 Å². The Morgan fingerprint density at radius 2 is 2.07 bits per heavy atom. The zero-order chi connectivity index (χ0) is 11.0. The van der Waals surface area contributed by atoms with Crippen molar-refractivity contribution < 1.29 is 0 Å². The predicted molar refractivity (Wildman–Crippen MR) is 60.2 cm³/mol. The Kier molecular flexibility index (Phi) is 2.86. The standard InChI is InChI=1S/C11H10Cl2N2/c1-6-2-3-7-8(4-6)9(5-14)11(13)15-10(7)12/h6H,2-4H2,1H3/t6-/m1/s1. The van der Waals surface area contributed by atoms with E-state index in [0.29, 0.717) is 16.6 Å². The number of nitriles is 1. The van der Waals surface area contributed by atoms with Crippen LogP contribution in [0.5, 0.6) is 0 Å². The predicted octanol–water partition coefficient (Wildman–Crippen LogP) is 3.38. The second-order valence-electron chi connectivity index (χ2n) is 3.99. The SMILES string of the molecule is C[C@@H]1CCc2c(Cl)nc(Cl)c(C#N)c2C1. The smallest absolute Gasteiger partial charge is 0.148 e. The number of hydrogen-bond donors (Lipinski definition) is 0. The molecule has 1 heterocycles. The van der Waals surface area contributed by atoms with Gasteiger partial charge in [0.25, 0.3) is 0 Å². The highest BCUT2D eigenvalue weighted by atomic mass is 35.5. The maximum atomic E-state index is 9.03. The Bertz CT molecular complexity index is 449. The zero-order valence-corrected chi connectivity index (χ0v) is 9.86. The van der Waals surface area contributed by atoms with Crippen LogP contribution in [0, 0.1) is 17.2 Å². The summed E-state index contributed by atoms with van der Waals surface area (Å²) < 4.78 is 0. The van der Waals surface area contributed by atoms with Crippen LogP contribution in [0.25, 0.3) is 0 Å². The quantitative estimate of drug-likeness (QED) is 0.653. The molecule has 78 valence electrons. The number of pyridine rings is 1. The largest absolute Gasteiger partial charge is 0.223 e. The van der Waals surface area contributed by atoms with Gasteiger partial charge in [-0.2, -0.15) is 5.26 Å². The molecule has 0 amide bonds. The fourth-order valence-corrected chi connectivity index (χ4v) is 2.62. The number of rotatable bonds is 0. The molecule has 0 spiro atoms. The van der Waals surface area contributed by atoms with Crippen molar-refractivity contribution in [2.75, 3.05) is 0 Å². The molecule has 15 heavy (non-hydrogen) atoms. The number of fused-ring (bicyclic) bond motifs is 1. The molecule has 0 saturated carbocycles. The van der Waals surface area contributed by atoms with E-state index in [1.807, 2.05) is 0 Å². The van der Waals surface area contributed by atoms with E-state index in [1.165, 1.54) is 0 Å². The van der Waals surface area contributed by atoms with Crippen molar-refractivity contribution in [3.8, 4) is 6.07 Å². The van der Waals surface area contributed by atoms with Gasteiger partial charge >= 0.3 is 0 Å². The molecule has 0 N–H and O–H groups in total. The lowest BCUT2D eigenvalue weighted by Gasteiger charge is -2.23. The van der Waals surface area contributed by atoms with E-state index < -0.39 is 0 Å². The lowest BCUT2D eigenvalue weighted by Crippen LogP contribution is -2.14. The van der Waals surface area contributed by atoms with Gasteiger partial charge in [-0.1, -0.05) is 30.1 Å². The molecule has 2 rings (SSSR count). The van der Waals surface area contributed by atoms with E-state index in [4.69, 9.17) is 28.5 Å². The molecular formula is C11H10Cl2N2. The van der Waals surface area contributed by atoms with Crippen molar-refractivity contribution in [3.63, 3.8) is 0 Å². The number of halogens is 2. The minimum atomic E-state index is 0.232. The van der Waals surface area contributed by atoms with Gasteiger partial charge in [0, 0.05) is 0 Å². The van der Waals surface area contributed by atoms with Crippen LogP contribution < -0.4 is 0 Å². The third-order valence-corrected chi connectivity index (χ3v) is 3.46. The van der Waals surface area contributed by atoms with E-state index >= 15 is 0 Å². The molecule has 2 nitrogen and oxygen atoms in total. The molecule has 0 radical (unpaired) electrons. The topological polar surface area (TPSA) is 36.7 Å². The van der Waals surface area contributed by atoms with Gasteiger partial charge in [-0.3, -0.25) is 0 Å². The molecule has 0 aliphatic heterocycles. The molecule has 0 aromatic carbocycles. The normalized spacial score (nSPS) is 19.5. The molecule has 0 unspecified atom stereocenters.